The van der Waals surface area contributed by atoms with Gasteiger partial charge in [0.05, 0.1) is 10.0 Å². The Bertz CT molecular complexity index is 506. The predicted molar refractivity (Wildman–Crippen MR) is 69.0 cm³/mol. The first kappa shape index (κ1) is 13.1. The minimum absolute atomic E-state index is 0.0316. The molecule has 3 nitrogen and oxygen atoms in total. The van der Waals surface area contributed by atoms with Crippen molar-refractivity contribution in [3.63, 3.8) is 0 Å². The highest BCUT2D eigenvalue weighted by atomic mass is 35.5. The van der Waals surface area contributed by atoms with Gasteiger partial charge in [0.15, 0.2) is 0 Å². The summed E-state index contributed by atoms with van der Waals surface area (Å²) in [6.07, 6.45) is 2.14. The summed E-state index contributed by atoms with van der Waals surface area (Å²) < 4.78 is 26.9. The molecule has 0 heterocycles. The van der Waals surface area contributed by atoms with Gasteiger partial charge in [0.25, 0.3) is 0 Å². The van der Waals surface area contributed by atoms with Crippen molar-refractivity contribution in [1.29, 1.82) is 0 Å². The van der Waals surface area contributed by atoms with Crippen LogP contribution in [-0.2, 0) is 10.0 Å². The van der Waals surface area contributed by atoms with Crippen molar-refractivity contribution in [2.45, 2.75) is 30.7 Å². The third-order valence-electron chi connectivity index (χ3n) is 2.86. The SMILES string of the molecule is C[C@H](NS(=O)(=O)c1c(Cl)cccc1Cl)C1CC1. The van der Waals surface area contributed by atoms with Crippen LogP contribution in [0.5, 0.6) is 0 Å². The Balaban J connectivity index is 2.30. The number of halogens is 2. The molecule has 1 aliphatic rings. The molecular formula is C11H13Cl2NO2S. The molecule has 0 unspecified atom stereocenters. The van der Waals surface area contributed by atoms with E-state index in [1.165, 1.54) is 12.1 Å². The van der Waals surface area contributed by atoms with Crippen LogP contribution >= 0.6 is 23.2 Å². The summed E-state index contributed by atoms with van der Waals surface area (Å²) in [7, 11) is -3.64. The van der Waals surface area contributed by atoms with E-state index in [0.717, 1.165) is 12.8 Å². The van der Waals surface area contributed by atoms with Crippen molar-refractivity contribution < 1.29 is 8.42 Å². The standard InChI is InChI=1S/C11H13Cl2NO2S/c1-7(8-5-6-8)14-17(15,16)11-9(12)3-2-4-10(11)13/h2-4,7-8,14H,5-6H2,1H3/t7-/m0/s1. The Morgan fingerprint density at radius 2 is 1.82 bits per heavy atom. The maximum Gasteiger partial charge on any atom is 0.243 e. The monoisotopic (exact) mass is 293 g/mol. The Hall–Kier alpha value is -0.290. The lowest BCUT2D eigenvalue weighted by Crippen LogP contribution is -2.34. The van der Waals surface area contributed by atoms with E-state index >= 15 is 0 Å². The average molecular weight is 294 g/mol. The fraction of sp³-hybridized carbons (Fsp3) is 0.455. The molecule has 0 aliphatic heterocycles. The minimum atomic E-state index is -3.64. The van der Waals surface area contributed by atoms with Gasteiger partial charge in [0.1, 0.15) is 4.90 Å². The lowest BCUT2D eigenvalue weighted by atomic mass is 10.2. The maximum absolute atomic E-state index is 12.1. The summed E-state index contributed by atoms with van der Waals surface area (Å²) in [6, 6.07) is 4.58. The van der Waals surface area contributed by atoms with E-state index < -0.39 is 10.0 Å². The van der Waals surface area contributed by atoms with Gasteiger partial charge in [-0.3, -0.25) is 0 Å². The summed E-state index contributed by atoms with van der Waals surface area (Å²) in [5.74, 6) is 0.436. The van der Waals surface area contributed by atoms with Gasteiger partial charge in [-0.05, 0) is 37.8 Å². The van der Waals surface area contributed by atoms with Gasteiger partial charge in [0, 0.05) is 6.04 Å². The number of sulfonamides is 1. The average Bonchev–Trinajstić information content (AvgIpc) is 2.98. The molecule has 1 fully saturated rings. The first-order valence-corrected chi connectivity index (χ1v) is 7.62. The summed E-state index contributed by atoms with van der Waals surface area (Å²) in [6.45, 7) is 1.86. The van der Waals surface area contributed by atoms with Crippen molar-refractivity contribution in [2.75, 3.05) is 0 Å². The molecule has 0 bridgehead atoms. The number of hydrogen-bond donors (Lipinski definition) is 1. The molecule has 0 amide bonds. The predicted octanol–water partition coefficient (Wildman–Crippen LogP) is 3.07. The molecule has 0 spiro atoms. The molecule has 0 radical (unpaired) electrons. The molecule has 1 aliphatic carbocycles. The van der Waals surface area contributed by atoms with Crippen LogP contribution in [0, 0.1) is 5.92 Å². The zero-order chi connectivity index (χ0) is 12.6. The van der Waals surface area contributed by atoms with Crippen LogP contribution in [-0.4, -0.2) is 14.5 Å². The van der Waals surface area contributed by atoms with E-state index in [1.54, 1.807) is 6.07 Å². The van der Waals surface area contributed by atoms with Crippen LogP contribution in [0.4, 0.5) is 0 Å². The maximum atomic E-state index is 12.1. The van der Waals surface area contributed by atoms with Crippen LogP contribution in [0.15, 0.2) is 23.1 Å². The van der Waals surface area contributed by atoms with Gasteiger partial charge >= 0.3 is 0 Å². The second kappa shape index (κ2) is 4.76. The molecule has 17 heavy (non-hydrogen) atoms. The normalized spacial score (nSPS) is 18.1. The second-order valence-electron chi connectivity index (χ2n) is 4.30. The molecule has 0 aromatic heterocycles. The molecule has 2 rings (SSSR count). The first-order chi connectivity index (χ1) is 7.92. The van der Waals surface area contributed by atoms with Crippen LogP contribution in [0.1, 0.15) is 19.8 Å². The lowest BCUT2D eigenvalue weighted by molar-refractivity contribution is 0.538. The third-order valence-corrected chi connectivity index (χ3v) is 5.37. The van der Waals surface area contributed by atoms with E-state index in [0.29, 0.717) is 5.92 Å². The molecule has 1 aromatic carbocycles. The Morgan fingerprint density at radius 3 is 2.29 bits per heavy atom. The summed E-state index contributed by atoms with van der Waals surface area (Å²) in [5.41, 5.74) is 0. The molecule has 6 heteroatoms. The Labute approximate surface area is 111 Å². The highest BCUT2D eigenvalue weighted by Crippen LogP contribution is 2.34. The number of rotatable bonds is 4. The summed E-state index contributed by atoms with van der Waals surface area (Å²) in [5, 5.41) is 0.293. The molecule has 1 saturated carbocycles. The Morgan fingerprint density at radius 1 is 1.29 bits per heavy atom. The van der Waals surface area contributed by atoms with Gasteiger partial charge in [0.2, 0.25) is 10.0 Å². The number of benzene rings is 1. The fourth-order valence-corrected chi connectivity index (χ4v) is 4.19. The quantitative estimate of drug-likeness (QED) is 0.927. The van der Waals surface area contributed by atoms with Gasteiger partial charge in [-0.1, -0.05) is 29.3 Å². The molecule has 0 saturated heterocycles. The van der Waals surface area contributed by atoms with Crippen molar-refractivity contribution in [1.82, 2.24) is 4.72 Å². The lowest BCUT2D eigenvalue weighted by Gasteiger charge is -2.14. The molecular weight excluding hydrogens is 281 g/mol. The topological polar surface area (TPSA) is 46.2 Å². The van der Waals surface area contributed by atoms with E-state index in [-0.39, 0.29) is 21.0 Å². The van der Waals surface area contributed by atoms with Gasteiger partial charge in [-0.2, -0.15) is 0 Å². The highest BCUT2D eigenvalue weighted by molar-refractivity contribution is 7.89. The molecule has 1 atom stereocenters. The highest BCUT2D eigenvalue weighted by Gasteiger charge is 2.32. The van der Waals surface area contributed by atoms with Crippen molar-refractivity contribution in [2.24, 2.45) is 5.92 Å². The zero-order valence-corrected chi connectivity index (χ0v) is 11.6. The smallest absolute Gasteiger partial charge is 0.208 e. The third kappa shape index (κ3) is 2.94. The fourth-order valence-electron chi connectivity index (χ4n) is 1.74. The van der Waals surface area contributed by atoms with Crippen LogP contribution < -0.4 is 4.72 Å². The van der Waals surface area contributed by atoms with Crippen LogP contribution in [0.2, 0.25) is 10.0 Å². The van der Waals surface area contributed by atoms with Crippen molar-refractivity contribution in [3.05, 3.63) is 28.2 Å². The zero-order valence-electron chi connectivity index (χ0n) is 9.28. The number of nitrogens with one attached hydrogen (secondary N) is 1. The second-order valence-corrected chi connectivity index (χ2v) is 6.76. The van der Waals surface area contributed by atoms with Gasteiger partial charge in [-0.15, -0.1) is 0 Å². The van der Waals surface area contributed by atoms with E-state index in [4.69, 9.17) is 23.2 Å². The molecule has 1 N–H and O–H groups in total. The van der Waals surface area contributed by atoms with Crippen LogP contribution in [0.3, 0.4) is 0 Å². The van der Waals surface area contributed by atoms with Gasteiger partial charge < -0.3 is 0 Å². The largest absolute Gasteiger partial charge is 0.243 e. The first-order valence-electron chi connectivity index (χ1n) is 5.38. The van der Waals surface area contributed by atoms with Crippen molar-refractivity contribution in [3.8, 4) is 0 Å². The van der Waals surface area contributed by atoms with Crippen LogP contribution in [0.25, 0.3) is 0 Å². The minimum Gasteiger partial charge on any atom is -0.208 e. The summed E-state index contributed by atoms with van der Waals surface area (Å²) in [4.78, 5) is -0.0316. The summed E-state index contributed by atoms with van der Waals surface area (Å²) >= 11 is 11.8. The number of hydrogen-bond acceptors (Lipinski definition) is 2. The van der Waals surface area contributed by atoms with Gasteiger partial charge in [-0.25, -0.2) is 13.1 Å². The van der Waals surface area contributed by atoms with E-state index in [9.17, 15) is 8.42 Å². The Kier molecular flexibility index (Phi) is 3.69. The van der Waals surface area contributed by atoms with E-state index in [2.05, 4.69) is 4.72 Å². The van der Waals surface area contributed by atoms with E-state index in [1.807, 2.05) is 6.92 Å². The van der Waals surface area contributed by atoms with Crippen molar-refractivity contribution >= 4 is 33.2 Å². The molecule has 1 aromatic rings. The molecule has 94 valence electrons.